The SMILES string of the molecule is CC(=O)[O-].CC(=O)[O-].CCc1cc(C(C)C)cc(C=NC2CCCCC2N=Cc2cc(C(C)C)cc(CC)c2O)c1O.[Co+2]. The molecule has 2 aromatic rings. The number of aromatic hydroxyl groups is 2. The zero-order valence-electron chi connectivity index (χ0n) is 26.8. The number of carbonyl (C=O) groups is 2. The molecule has 0 heterocycles. The molecule has 2 N–H and O–H groups in total. The quantitative estimate of drug-likeness (QED) is 0.396. The number of carboxylic acid groups (broad SMARTS) is 2. The number of carboxylic acids is 2. The van der Waals surface area contributed by atoms with E-state index in [1.54, 1.807) is 0 Å². The number of phenols is 2. The third-order valence-corrected chi connectivity index (χ3v) is 7.08. The fourth-order valence-electron chi connectivity index (χ4n) is 4.68. The van der Waals surface area contributed by atoms with Crippen molar-refractivity contribution in [2.24, 2.45) is 9.98 Å². The first-order chi connectivity index (χ1) is 19.7. The predicted molar refractivity (Wildman–Crippen MR) is 166 cm³/mol. The third kappa shape index (κ3) is 13.8. The van der Waals surface area contributed by atoms with Crippen molar-refractivity contribution < 1.29 is 46.8 Å². The molecule has 2 unspecified atom stereocenters. The summed E-state index contributed by atoms with van der Waals surface area (Å²) in [4.78, 5) is 27.6. The van der Waals surface area contributed by atoms with E-state index in [4.69, 9.17) is 29.8 Å². The molecule has 0 aromatic heterocycles. The topological polar surface area (TPSA) is 145 Å². The minimum atomic E-state index is -1.08. The van der Waals surface area contributed by atoms with Crippen LogP contribution in [0.2, 0.25) is 0 Å². The summed E-state index contributed by atoms with van der Waals surface area (Å²) >= 11 is 0. The van der Waals surface area contributed by atoms with Gasteiger partial charge < -0.3 is 30.0 Å². The predicted octanol–water partition coefficient (Wildman–Crippen LogP) is 4.83. The maximum atomic E-state index is 10.7. The minimum absolute atomic E-state index is 0. The van der Waals surface area contributed by atoms with Crippen LogP contribution < -0.4 is 10.2 Å². The van der Waals surface area contributed by atoms with E-state index in [0.29, 0.717) is 23.3 Å². The Morgan fingerprint density at radius 3 is 1.33 bits per heavy atom. The number of rotatable bonds is 8. The fourth-order valence-corrected chi connectivity index (χ4v) is 4.68. The van der Waals surface area contributed by atoms with Crippen LogP contribution in [0.3, 0.4) is 0 Å². The molecule has 2 atom stereocenters. The van der Waals surface area contributed by atoms with Gasteiger partial charge >= 0.3 is 16.8 Å². The molecule has 239 valence electrons. The number of hydrogen-bond donors (Lipinski definition) is 2. The smallest absolute Gasteiger partial charge is 0.550 e. The fraction of sp³-hybridized carbons (Fsp3) is 0.529. The first kappa shape index (κ1) is 39.8. The molecule has 1 radical (unpaired) electrons. The van der Waals surface area contributed by atoms with Crippen LogP contribution in [-0.2, 0) is 39.2 Å². The molecule has 1 aliphatic carbocycles. The first-order valence-corrected chi connectivity index (χ1v) is 14.8. The summed E-state index contributed by atoms with van der Waals surface area (Å²) in [5.41, 5.74) is 5.98. The van der Waals surface area contributed by atoms with Crippen molar-refractivity contribution in [3.63, 3.8) is 0 Å². The molecular formula is C34H48CoN2O6. The van der Waals surface area contributed by atoms with Gasteiger partial charge in [-0.05, 0) is 85.8 Å². The average Bonchev–Trinajstić information content (AvgIpc) is 2.91. The van der Waals surface area contributed by atoms with Gasteiger partial charge in [0.05, 0.1) is 12.1 Å². The molecule has 0 saturated heterocycles. The van der Waals surface area contributed by atoms with Gasteiger partial charge in [-0.1, -0.05) is 66.5 Å². The van der Waals surface area contributed by atoms with Crippen LogP contribution in [-0.4, -0.2) is 46.7 Å². The second-order valence-corrected chi connectivity index (χ2v) is 11.2. The molecule has 0 aliphatic heterocycles. The summed E-state index contributed by atoms with van der Waals surface area (Å²) in [5, 5.41) is 39.3. The number of carbonyl (C=O) groups excluding carboxylic acids is 2. The van der Waals surface area contributed by atoms with Gasteiger partial charge in [-0.25, -0.2) is 0 Å². The Kier molecular flexibility index (Phi) is 18.4. The number of benzene rings is 2. The molecule has 2 aromatic carbocycles. The minimum Gasteiger partial charge on any atom is -0.550 e. The number of phenolic OH excluding ortho intramolecular Hbond substituents is 2. The van der Waals surface area contributed by atoms with Crippen molar-refractivity contribution in [2.75, 3.05) is 0 Å². The Labute approximate surface area is 267 Å². The Hall–Kier alpha value is -3.17. The summed E-state index contributed by atoms with van der Waals surface area (Å²) in [6.07, 6.45) is 9.55. The van der Waals surface area contributed by atoms with Crippen molar-refractivity contribution in [3.8, 4) is 11.5 Å². The number of aryl methyl sites for hydroxylation is 2. The van der Waals surface area contributed by atoms with Gasteiger partial charge in [0.1, 0.15) is 11.5 Å². The van der Waals surface area contributed by atoms with Gasteiger partial charge in [0.25, 0.3) is 0 Å². The van der Waals surface area contributed by atoms with Crippen molar-refractivity contribution in [3.05, 3.63) is 57.6 Å². The van der Waals surface area contributed by atoms with Crippen molar-refractivity contribution >= 4 is 24.4 Å². The monoisotopic (exact) mass is 639 g/mol. The number of aliphatic carboxylic acids is 2. The Morgan fingerprint density at radius 2 is 1.07 bits per heavy atom. The molecule has 9 heteroatoms. The van der Waals surface area contributed by atoms with Crippen LogP contribution in [0.5, 0.6) is 11.5 Å². The summed E-state index contributed by atoms with van der Waals surface area (Å²) in [6.45, 7) is 14.8. The summed E-state index contributed by atoms with van der Waals surface area (Å²) in [6, 6.07) is 8.49. The Balaban J connectivity index is 0.00000174. The third-order valence-electron chi connectivity index (χ3n) is 7.08. The largest absolute Gasteiger partial charge is 2.00 e. The molecule has 8 nitrogen and oxygen atoms in total. The van der Waals surface area contributed by atoms with Gasteiger partial charge in [0.2, 0.25) is 0 Å². The maximum Gasteiger partial charge on any atom is 2.00 e. The van der Waals surface area contributed by atoms with E-state index in [2.05, 4.69) is 65.8 Å². The van der Waals surface area contributed by atoms with Crippen LogP contribution in [0.4, 0.5) is 0 Å². The zero-order chi connectivity index (χ0) is 32.0. The normalized spacial score (nSPS) is 16.3. The van der Waals surface area contributed by atoms with Crippen molar-refractivity contribution in [1.82, 2.24) is 0 Å². The number of nitrogens with zero attached hydrogens (tertiary/aromatic N) is 2. The molecule has 0 spiro atoms. The summed E-state index contributed by atoms with van der Waals surface area (Å²) in [5.74, 6) is -0.692. The first-order valence-electron chi connectivity index (χ1n) is 14.8. The van der Waals surface area contributed by atoms with E-state index < -0.39 is 11.9 Å². The van der Waals surface area contributed by atoms with E-state index in [1.807, 2.05) is 12.4 Å². The van der Waals surface area contributed by atoms with Crippen molar-refractivity contribution in [1.29, 1.82) is 0 Å². The Morgan fingerprint density at radius 1 is 0.767 bits per heavy atom. The molecule has 1 saturated carbocycles. The van der Waals surface area contributed by atoms with Crippen LogP contribution in [0, 0.1) is 0 Å². The molecule has 1 aliphatic rings. The van der Waals surface area contributed by atoms with Crippen LogP contribution in [0.15, 0.2) is 34.3 Å². The van der Waals surface area contributed by atoms with E-state index >= 15 is 0 Å². The zero-order valence-corrected chi connectivity index (χ0v) is 27.8. The second kappa shape index (κ2) is 19.9. The average molecular weight is 640 g/mol. The molecular weight excluding hydrogens is 591 g/mol. The van der Waals surface area contributed by atoms with Gasteiger partial charge in [-0.15, -0.1) is 0 Å². The number of hydrogen-bond acceptors (Lipinski definition) is 8. The van der Waals surface area contributed by atoms with Gasteiger partial charge in [-0.3, -0.25) is 9.98 Å². The number of aliphatic imine (C=N–C) groups is 2. The standard InChI is InChI=1S/C30H42N2O2.2C2H4O2.Co/c1-7-21-13-23(19(3)4)15-25(29(21)33)17-31-27-11-9-10-12-28(27)32-18-26-16-24(20(5)6)14-22(8-2)30(26)34;2*1-2(3)4;/h13-20,27-28,33-34H,7-12H2,1-6H3;2*1H3,(H,3,4);/q;;;+2/p-2. The van der Waals surface area contributed by atoms with E-state index in [-0.39, 0.29) is 28.9 Å². The molecule has 0 bridgehead atoms. The van der Waals surface area contributed by atoms with Gasteiger partial charge in [0.15, 0.2) is 0 Å². The molecule has 43 heavy (non-hydrogen) atoms. The van der Waals surface area contributed by atoms with Crippen LogP contribution >= 0.6 is 0 Å². The molecule has 3 rings (SSSR count). The molecule has 0 amide bonds. The summed E-state index contributed by atoms with van der Waals surface area (Å²) in [7, 11) is 0. The summed E-state index contributed by atoms with van der Waals surface area (Å²) < 4.78 is 0. The molecule has 1 fully saturated rings. The van der Waals surface area contributed by atoms with Crippen LogP contribution in [0.25, 0.3) is 0 Å². The van der Waals surface area contributed by atoms with E-state index in [1.165, 1.54) is 11.1 Å². The Bertz CT molecular complexity index is 1140. The van der Waals surface area contributed by atoms with Gasteiger partial charge in [-0.2, -0.15) is 0 Å². The second-order valence-electron chi connectivity index (χ2n) is 11.2. The van der Waals surface area contributed by atoms with Crippen molar-refractivity contribution in [2.45, 2.75) is 118 Å². The van der Waals surface area contributed by atoms with Gasteiger partial charge in [0, 0.05) is 35.5 Å². The maximum absolute atomic E-state index is 10.7. The van der Waals surface area contributed by atoms with E-state index in [9.17, 15) is 10.2 Å². The van der Waals surface area contributed by atoms with Crippen LogP contribution in [0.1, 0.15) is 126 Å². The van der Waals surface area contributed by atoms with E-state index in [0.717, 1.165) is 74.6 Å².